The Kier molecular flexibility index (Phi) is 4.48. The topological polar surface area (TPSA) is 123 Å². The van der Waals surface area contributed by atoms with E-state index in [2.05, 4.69) is 30.9 Å². The van der Waals surface area contributed by atoms with E-state index in [0.29, 0.717) is 5.69 Å². The van der Waals surface area contributed by atoms with Gasteiger partial charge in [0.15, 0.2) is 0 Å². The quantitative estimate of drug-likeness (QED) is 0.417. The van der Waals surface area contributed by atoms with Crippen molar-refractivity contribution >= 4 is 23.3 Å². The molecule has 2 aromatic rings. The summed E-state index contributed by atoms with van der Waals surface area (Å²) in [5, 5.41) is 2.72. The first-order valence-electron chi connectivity index (χ1n) is 5.85. The SMILES string of the molecule is NNc1cc(NN)nc(Nc2cccc(OC(F)(F)F)c2)n1. The first-order chi connectivity index (χ1) is 10.4. The van der Waals surface area contributed by atoms with E-state index in [9.17, 15) is 13.2 Å². The molecule has 0 unspecified atom stereocenters. The summed E-state index contributed by atoms with van der Waals surface area (Å²) >= 11 is 0. The van der Waals surface area contributed by atoms with E-state index in [1.165, 1.54) is 24.3 Å². The predicted octanol–water partition coefficient (Wildman–Crippen LogP) is 1.69. The van der Waals surface area contributed by atoms with E-state index in [1.807, 2.05) is 0 Å². The number of hydrazine groups is 2. The van der Waals surface area contributed by atoms with Gasteiger partial charge in [-0.1, -0.05) is 6.07 Å². The van der Waals surface area contributed by atoms with Crippen molar-refractivity contribution in [2.24, 2.45) is 11.7 Å². The van der Waals surface area contributed by atoms with Crippen LogP contribution in [0.25, 0.3) is 0 Å². The number of aromatic nitrogens is 2. The van der Waals surface area contributed by atoms with Crippen molar-refractivity contribution in [3.63, 3.8) is 0 Å². The molecule has 0 aliphatic rings. The van der Waals surface area contributed by atoms with Gasteiger partial charge in [0.05, 0.1) is 0 Å². The van der Waals surface area contributed by atoms with E-state index in [1.54, 1.807) is 0 Å². The van der Waals surface area contributed by atoms with Crippen LogP contribution in [0.5, 0.6) is 5.75 Å². The second-order valence-corrected chi connectivity index (χ2v) is 3.95. The molecule has 0 amide bonds. The van der Waals surface area contributed by atoms with Crippen LogP contribution in [-0.2, 0) is 0 Å². The minimum Gasteiger partial charge on any atom is -0.406 e. The fraction of sp³-hybridized carbons (Fsp3) is 0.0909. The number of alkyl halides is 3. The first kappa shape index (κ1) is 15.6. The maximum Gasteiger partial charge on any atom is 0.573 e. The third-order valence-electron chi connectivity index (χ3n) is 2.35. The molecule has 22 heavy (non-hydrogen) atoms. The lowest BCUT2D eigenvalue weighted by atomic mass is 10.3. The van der Waals surface area contributed by atoms with Crippen molar-refractivity contribution in [3.05, 3.63) is 30.3 Å². The Hall–Kier alpha value is -2.79. The molecule has 0 aliphatic carbocycles. The van der Waals surface area contributed by atoms with Crippen LogP contribution in [0.2, 0.25) is 0 Å². The molecule has 0 spiro atoms. The summed E-state index contributed by atoms with van der Waals surface area (Å²) in [6, 6.07) is 6.66. The van der Waals surface area contributed by atoms with Crippen LogP contribution in [0.3, 0.4) is 0 Å². The van der Waals surface area contributed by atoms with Crippen molar-refractivity contribution in [2.45, 2.75) is 6.36 Å². The average molecular weight is 315 g/mol. The van der Waals surface area contributed by atoms with Gasteiger partial charge < -0.3 is 20.9 Å². The van der Waals surface area contributed by atoms with Crippen LogP contribution in [0.4, 0.5) is 36.4 Å². The monoisotopic (exact) mass is 315 g/mol. The molecular formula is C11H12F3N7O. The number of nitrogen functional groups attached to an aromatic ring is 2. The first-order valence-corrected chi connectivity index (χ1v) is 5.85. The van der Waals surface area contributed by atoms with Crippen LogP contribution in [0, 0.1) is 0 Å². The Morgan fingerprint density at radius 2 is 1.64 bits per heavy atom. The van der Waals surface area contributed by atoms with Crippen LogP contribution >= 0.6 is 0 Å². The number of nitrogens with zero attached hydrogens (tertiary/aromatic N) is 2. The third kappa shape index (κ3) is 4.36. The van der Waals surface area contributed by atoms with Crippen LogP contribution in [-0.4, -0.2) is 16.3 Å². The van der Waals surface area contributed by atoms with Crippen molar-refractivity contribution < 1.29 is 17.9 Å². The lowest BCUT2D eigenvalue weighted by molar-refractivity contribution is -0.274. The zero-order valence-corrected chi connectivity index (χ0v) is 11.0. The highest BCUT2D eigenvalue weighted by Crippen LogP contribution is 2.26. The lowest BCUT2D eigenvalue weighted by Gasteiger charge is -2.11. The summed E-state index contributed by atoms with van der Waals surface area (Å²) in [6.45, 7) is 0. The summed E-state index contributed by atoms with van der Waals surface area (Å²) < 4.78 is 40.4. The summed E-state index contributed by atoms with van der Waals surface area (Å²) in [7, 11) is 0. The highest BCUT2D eigenvalue weighted by atomic mass is 19.4. The standard InChI is InChI=1S/C11H12F3N7O/c12-11(13,14)22-7-3-1-2-6(4-7)17-10-18-8(20-15)5-9(19-10)21-16/h1-5H,15-16H2,(H3,17,18,19,20,21). The van der Waals surface area contributed by atoms with Gasteiger partial charge in [-0.2, -0.15) is 9.97 Å². The predicted molar refractivity (Wildman–Crippen MR) is 74.1 cm³/mol. The normalized spacial score (nSPS) is 11.0. The van der Waals surface area contributed by atoms with Gasteiger partial charge in [0.25, 0.3) is 0 Å². The molecule has 0 aliphatic heterocycles. The number of nitrogens with two attached hydrogens (primary N) is 2. The Labute approximate surface area is 122 Å². The Morgan fingerprint density at radius 3 is 2.18 bits per heavy atom. The molecule has 0 atom stereocenters. The van der Waals surface area contributed by atoms with Crippen LogP contribution < -0.4 is 32.6 Å². The maximum absolute atomic E-state index is 12.2. The molecule has 2 rings (SSSR count). The molecule has 118 valence electrons. The van der Waals surface area contributed by atoms with Crippen LogP contribution in [0.15, 0.2) is 30.3 Å². The Balaban J connectivity index is 2.22. The van der Waals surface area contributed by atoms with Gasteiger partial charge in [-0.05, 0) is 12.1 Å². The number of anilines is 4. The van der Waals surface area contributed by atoms with E-state index >= 15 is 0 Å². The summed E-state index contributed by atoms with van der Waals surface area (Å²) in [6.07, 6.45) is -4.77. The smallest absolute Gasteiger partial charge is 0.406 e. The van der Waals surface area contributed by atoms with Gasteiger partial charge in [-0.3, -0.25) is 0 Å². The number of nitrogens with one attached hydrogen (secondary N) is 3. The molecule has 0 radical (unpaired) electrons. The van der Waals surface area contributed by atoms with Crippen LogP contribution in [0.1, 0.15) is 0 Å². The minimum absolute atomic E-state index is 0.0764. The molecule has 1 aromatic carbocycles. The molecule has 0 saturated heterocycles. The molecule has 11 heteroatoms. The third-order valence-corrected chi connectivity index (χ3v) is 2.35. The van der Waals surface area contributed by atoms with E-state index in [4.69, 9.17) is 11.7 Å². The molecule has 7 N–H and O–H groups in total. The fourth-order valence-electron chi connectivity index (χ4n) is 1.55. The van der Waals surface area contributed by atoms with E-state index in [-0.39, 0.29) is 23.3 Å². The molecule has 1 heterocycles. The zero-order valence-electron chi connectivity index (χ0n) is 11.0. The minimum atomic E-state index is -4.77. The summed E-state index contributed by atoms with van der Waals surface area (Å²) in [5.41, 5.74) is 4.91. The number of halogens is 3. The highest BCUT2D eigenvalue weighted by molar-refractivity contribution is 5.59. The molecule has 0 saturated carbocycles. The Morgan fingerprint density at radius 1 is 1.00 bits per heavy atom. The van der Waals surface area contributed by atoms with Crippen molar-refractivity contribution in [1.82, 2.24) is 9.97 Å². The van der Waals surface area contributed by atoms with Gasteiger partial charge >= 0.3 is 6.36 Å². The van der Waals surface area contributed by atoms with E-state index in [0.717, 1.165) is 6.07 Å². The highest BCUT2D eigenvalue weighted by Gasteiger charge is 2.31. The second-order valence-electron chi connectivity index (χ2n) is 3.95. The van der Waals surface area contributed by atoms with E-state index < -0.39 is 6.36 Å². The molecule has 0 bridgehead atoms. The van der Waals surface area contributed by atoms with Gasteiger partial charge in [0.2, 0.25) is 5.95 Å². The van der Waals surface area contributed by atoms with Gasteiger partial charge in [-0.25, -0.2) is 11.7 Å². The van der Waals surface area contributed by atoms with Gasteiger partial charge in [0.1, 0.15) is 17.4 Å². The zero-order chi connectivity index (χ0) is 16.2. The largest absolute Gasteiger partial charge is 0.573 e. The van der Waals surface area contributed by atoms with Gasteiger partial charge in [-0.15, -0.1) is 13.2 Å². The Bertz CT molecular complexity index is 628. The number of ether oxygens (including phenoxy) is 1. The molecule has 1 aromatic heterocycles. The van der Waals surface area contributed by atoms with Gasteiger partial charge in [0, 0.05) is 17.8 Å². The second kappa shape index (κ2) is 6.32. The molecular weight excluding hydrogens is 303 g/mol. The number of hydrogen-bond donors (Lipinski definition) is 5. The summed E-state index contributed by atoms with van der Waals surface area (Å²) in [4.78, 5) is 7.96. The summed E-state index contributed by atoms with van der Waals surface area (Å²) in [5.74, 6) is 10.7. The average Bonchev–Trinajstić information content (AvgIpc) is 2.45. The number of benzene rings is 1. The van der Waals surface area contributed by atoms with Crippen molar-refractivity contribution in [2.75, 3.05) is 16.2 Å². The van der Waals surface area contributed by atoms with Crippen molar-refractivity contribution in [3.8, 4) is 5.75 Å². The number of rotatable bonds is 5. The van der Waals surface area contributed by atoms with Crippen molar-refractivity contribution in [1.29, 1.82) is 0 Å². The molecule has 0 fully saturated rings. The fourth-order valence-corrected chi connectivity index (χ4v) is 1.55. The lowest BCUT2D eigenvalue weighted by Crippen LogP contribution is -2.17. The maximum atomic E-state index is 12.2. The molecule has 8 nitrogen and oxygen atoms in total. The number of hydrogen-bond acceptors (Lipinski definition) is 8.